The summed E-state index contributed by atoms with van der Waals surface area (Å²) >= 11 is 0. The lowest BCUT2D eigenvalue weighted by molar-refractivity contribution is 0.893. The minimum Gasteiger partial charge on any atom is -0.362 e. The number of aromatic nitrogens is 4. The number of hydrogen-bond donors (Lipinski definition) is 2. The molecule has 0 unspecified atom stereocenters. The van der Waals surface area contributed by atoms with Crippen LogP contribution in [0.15, 0.2) is 12.1 Å². The third-order valence-corrected chi connectivity index (χ3v) is 2.98. The summed E-state index contributed by atoms with van der Waals surface area (Å²) in [6, 6.07) is 4.17. The molecule has 2 heterocycles. The van der Waals surface area contributed by atoms with E-state index >= 15 is 0 Å². The van der Waals surface area contributed by atoms with E-state index in [0.29, 0.717) is 17.8 Å². The summed E-state index contributed by atoms with van der Waals surface area (Å²) in [5.74, 6) is 1.89. The molecule has 2 N–H and O–H groups in total. The van der Waals surface area contributed by atoms with Crippen LogP contribution in [0.2, 0.25) is 0 Å². The molecule has 0 spiro atoms. The largest absolute Gasteiger partial charge is 0.362 e. The zero-order valence-electron chi connectivity index (χ0n) is 13.3. The second kappa shape index (κ2) is 6.43. The van der Waals surface area contributed by atoms with Crippen LogP contribution >= 0.6 is 0 Å². The van der Waals surface area contributed by atoms with Crippen LogP contribution in [0.25, 0.3) is 0 Å². The Morgan fingerprint density at radius 2 is 1.62 bits per heavy atom. The van der Waals surface area contributed by atoms with Crippen LogP contribution in [0.5, 0.6) is 0 Å². The van der Waals surface area contributed by atoms with E-state index in [1.165, 1.54) is 11.4 Å². The molecule has 2 rings (SSSR count). The van der Waals surface area contributed by atoms with Crippen molar-refractivity contribution >= 4 is 17.8 Å². The maximum atomic E-state index is 4.41. The number of nitrogens with one attached hydrogen (secondary N) is 2. The normalized spacial score (nSPS) is 10.5. The summed E-state index contributed by atoms with van der Waals surface area (Å²) in [6.07, 6.45) is 0.897. The molecule has 7 nitrogen and oxygen atoms in total. The van der Waals surface area contributed by atoms with Crippen LogP contribution in [0.1, 0.15) is 11.4 Å². The van der Waals surface area contributed by atoms with Crippen molar-refractivity contribution in [2.24, 2.45) is 0 Å². The lowest BCUT2D eigenvalue weighted by Crippen LogP contribution is -2.20. The van der Waals surface area contributed by atoms with Crippen molar-refractivity contribution in [2.75, 3.05) is 49.9 Å². The number of H-pyrrole nitrogens is 1. The van der Waals surface area contributed by atoms with Gasteiger partial charge in [0, 0.05) is 52.5 Å². The van der Waals surface area contributed by atoms with Gasteiger partial charge in [-0.15, -0.1) is 0 Å². The average molecular weight is 289 g/mol. The smallest absolute Gasteiger partial charge is 0.231 e. The van der Waals surface area contributed by atoms with Crippen molar-refractivity contribution in [1.82, 2.24) is 19.9 Å². The molecule has 0 aliphatic rings. The molecule has 0 aliphatic heterocycles. The molecule has 0 fully saturated rings. The third kappa shape index (κ3) is 4.08. The van der Waals surface area contributed by atoms with Gasteiger partial charge < -0.3 is 20.1 Å². The Hall–Kier alpha value is -2.31. The van der Waals surface area contributed by atoms with Crippen molar-refractivity contribution < 1.29 is 0 Å². The molecule has 2 aromatic rings. The molecule has 2 aromatic heterocycles. The molecule has 114 valence electrons. The lowest BCUT2D eigenvalue weighted by atomic mass is 10.3. The van der Waals surface area contributed by atoms with Crippen LogP contribution in [-0.4, -0.2) is 54.7 Å². The summed E-state index contributed by atoms with van der Waals surface area (Å²) in [4.78, 5) is 20.3. The van der Waals surface area contributed by atoms with Crippen molar-refractivity contribution in [2.45, 2.75) is 13.3 Å². The van der Waals surface area contributed by atoms with Crippen molar-refractivity contribution in [1.29, 1.82) is 0 Å². The zero-order chi connectivity index (χ0) is 15.4. The van der Waals surface area contributed by atoms with Crippen LogP contribution in [-0.2, 0) is 6.42 Å². The Morgan fingerprint density at radius 1 is 1.00 bits per heavy atom. The fourth-order valence-electron chi connectivity index (χ4n) is 1.85. The first-order valence-electron chi connectivity index (χ1n) is 6.95. The van der Waals surface area contributed by atoms with E-state index in [1.807, 2.05) is 38.0 Å². The quantitative estimate of drug-likeness (QED) is 0.835. The maximum absolute atomic E-state index is 4.41. The molecule has 0 aliphatic carbocycles. The summed E-state index contributed by atoms with van der Waals surface area (Å²) in [7, 11) is 7.67. The number of rotatable bonds is 6. The van der Waals surface area contributed by atoms with E-state index in [9.17, 15) is 0 Å². The first-order valence-corrected chi connectivity index (χ1v) is 6.95. The molecule has 0 radical (unpaired) electrons. The molecule has 0 amide bonds. The Bertz CT molecular complexity index is 563. The molecular formula is C14H23N7. The minimum atomic E-state index is 0.598. The second-order valence-electron chi connectivity index (χ2n) is 5.39. The number of hydrogen-bond acceptors (Lipinski definition) is 6. The monoisotopic (exact) mass is 289 g/mol. The number of anilines is 3. The van der Waals surface area contributed by atoms with E-state index < -0.39 is 0 Å². The third-order valence-electron chi connectivity index (χ3n) is 2.98. The highest BCUT2D eigenvalue weighted by molar-refractivity contribution is 5.43. The fraction of sp³-hybridized carbons (Fsp3) is 0.500. The highest BCUT2D eigenvalue weighted by Crippen LogP contribution is 2.13. The van der Waals surface area contributed by atoms with Gasteiger partial charge in [0.25, 0.3) is 0 Å². The first-order chi connectivity index (χ1) is 9.95. The molecule has 0 saturated carbocycles. The van der Waals surface area contributed by atoms with Gasteiger partial charge in [-0.3, -0.25) is 0 Å². The summed E-state index contributed by atoms with van der Waals surface area (Å²) in [5.41, 5.74) is 2.38. The molecule has 0 bridgehead atoms. The SMILES string of the molecule is Cc1ccc(CCNc2nc(N(C)C)nc(N(C)C)n2)[nH]1. The van der Waals surface area contributed by atoms with E-state index in [0.717, 1.165) is 13.0 Å². The lowest BCUT2D eigenvalue weighted by Gasteiger charge is -2.16. The Kier molecular flexibility index (Phi) is 4.62. The Labute approximate surface area is 125 Å². The van der Waals surface area contributed by atoms with Gasteiger partial charge in [-0.2, -0.15) is 15.0 Å². The molecular weight excluding hydrogens is 266 g/mol. The zero-order valence-corrected chi connectivity index (χ0v) is 13.3. The van der Waals surface area contributed by atoms with E-state index in [2.05, 4.69) is 44.3 Å². The molecule has 0 atom stereocenters. The topological polar surface area (TPSA) is 73.0 Å². The maximum Gasteiger partial charge on any atom is 0.231 e. The molecule has 0 saturated heterocycles. The van der Waals surface area contributed by atoms with Gasteiger partial charge in [-0.1, -0.05) is 0 Å². The highest BCUT2D eigenvalue weighted by Gasteiger charge is 2.09. The predicted octanol–water partition coefficient (Wildman–Crippen LogP) is 1.29. The van der Waals surface area contributed by atoms with Crippen LogP contribution < -0.4 is 15.1 Å². The number of aromatic amines is 1. The van der Waals surface area contributed by atoms with Crippen molar-refractivity contribution in [3.05, 3.63) is 23.5 Å². The van der Waals surface area contributed by atoms with Gasteiger partial charge >= 0.3 is 0 Å². The van der Waals surface area contributed by atoms with Gasteiger partial charge in [-0.25, -0.2) is 0 Å². The summed E-state index contributed by atoms with van der Waals surface area (Å²) in [6.45, 7) is 2.82. The van der Waals surface area contributed by atoms with E-state index in [-0.39, 0.29) is 0 Å². The van der Waals surface area contributed by atoms with Crippen LogP contribution in [0, 0.1) is 6.92 Å². The standard InChI is InChI=1S/C14H23N7/c1-10-6-7-11(16-10)8-9-15-12-17-13(20(2)3)19-14(18-12)21(4)5/h6-7,16H,8-9H2,1-5H3,(H,15,17,18,19). The number of nitrogens with zero attached hydrogens (tertiary/aromatic N) is 5. The Balaban J connectivity index is 2.04. The first kappa shape index (κ1) is 15.1. The van der Waals surface area contributed by atoms with Crippen LogP contribution in [0.3, 0.4) is 0 Å². The molecule has 7 heteroatoms. The molecule has 0 aromatic carbocycles. The second-order valence-corrected chi connectivity index (χ2v) is 5.39. The van der Waals surface area contributed by atoms with Crippen molar-refractivity contribution in [3.8, 4) is 0 Å². The molecule has 21 heavy (non-hydrogen) atoms. The van der Waals surface area contributed by atoms with Crippen LogP contribution in [0.4, 0.5) is 17.8 Å². The van der Waals surface area contributed by atoms with Crippen molar-refractivity contribution in [3.63, 3.8) is 0 Å². The van der Waals surface area contributed by atoms with E-state index in [1.54, 1.807) is 0 Å². The van der Waals surface area contributed by atoms with Gasteiger partial charge in [0.15, 0.2) is 0 Å². The highest BCUT2D eigenvalue weighted by atomic mass is 15.3. The van der Waals surface area contributed by atoms with Gasteiger partial charge in [0.1, 0.15) is 0 Å². The van der Waals surface area contributed by atoms with Gasteiger partial charge in [0.2, 0.25) is 17.8 Å². The number of aryl methyl sites for hydroxylation is 1. The average Bonchev–Trinajstić information content (AvgIpc) is 2.84. The summed E-state index contributed by atoms with van der Waals surface area (Å²) in [5, 5.41) is 3.26. The van der Waals surface area contributed by atoms with Gasteiger partial charge in [-0.05, 0) is 19.1 Å². The predicted molar refractivity (Wildman–Crippen MR) is 86.2 cm³/mol. The fourth-order valence-corrected chi connectivity index (χ4v) is 1.85. The Morgan fingerprint density at radius 3 is 2.10 bits per heavy atom. The van der Waals surface area contributed by atoms with Gasteiger partial charge in [0.05, 0.1) is 0 Å². The van der Waals surface area contributed by atoms with E-state index in [4.69, 9.17) is 0 Å². The minimum absolute atomic E-state index is 0.598. The summed E-state index contributed by atoms with van der Waals surface area (Å²) < 4.78 is 0.